The third-order valence-corrected chi connectivity index (χ3v) is 3.37. The van der Waals surface area contributed by atoms with E-state index in [-0.39, 0.29) is 5.92 Å². The smallest absolute Gasteiger partial charge is 0.0708 e. The zero-order valence-corrected chi connectivity index (χ0v) is 11.5. The third-order valence-electron chi connectivity index (χ3n) is 3.37. The Morgan fingerprint density at radius 3 is 2.25 bits per heavy atom. The van der Waals surface area contributed by atoms with Crippen molar-refractivity contribution in [2.45, 2.75) is 12.8 Å². The van der Waals surface area contributed by atoms with E-state index in [0.717, 1.165) is 17.0 Å². The minimum Gasteiger partial charge on any atom is -0.252 e. The lowest BCUT2D eigenvalue weighted by Gasteiger charge is -2.11. The van der Waals surface area contributed by atoms with Crippen molar-refractivity contribution in [3.8, 4) is 11.3 Å². The number of rotatable bonds is 2. The fourth-order valence-electron chi connectivity index (χ4n) is 2.38. The highest BCUT2D eigenvalue weighted by Crippen LogP contribution is 2.24. The van der Waals surface area contributed by atoms with Crippen molar-refractivity contribution in [2.24, 2.45) is 0 Å². The van der Waals surface area contributed by atoms with Gasteiger partial charge in [-0.3, -0.25) is 4.98 Å². The number of benzene rings is 1. The molecule has 2 aromatic rings. The average Bonchev–Trinajstić information content (AvgIpc) is 2.77. The molecule has 0 amide bonds. The van der Waals surface area contributed by atoms with Crippen LogP contribution in [0.25, 0.3) is 11.3 Å². The lowest BCUT2D eigenvalue weighted by molar-refractivity contribution is 0.991. The van der Waals surface area contributed by atoms with Crippen molar-refractivity contribution in [1.82, 2.24) is 4.98 Å². The Kier molecular flexibility index (Phi) is 3.60. The minimum absolute atomic E-state index is 0.243. The maximum Gasteiger partial charge on any atom is 0.0708 e. The second kappa shape index (κ2) is 5.70. The molecule has 0 radical (unpaired) electrons. The predicted octanol–water partition coefficient (Wildman–Crippen LogP) is 4.82. The Labute approximate surface area is 120 Å². The van der Waals surface area contributed by atoms with Crippen molar-refractivity contribution in [1.29, 1.82) is 0 Å². The zero-order valence-electron chi connectivity index (χ0n) is 11.5. The number of nitrogens with zero attached hydrogens (tertiary/aromatic N) is 1. The summed E-state index contributed by atoms with van der Waals surface area (Å²) in [6.45, 7) is 2.12. The summed E-state index contributed by atoms with van der Waals surface area (Å²) in [6, 6.07) is 14.6. The molecule has 1 aliphatic carbocycles. The summed E-state index contributed by atoms with van der Waals surface area (Å²) in [4.78, 5) is 4.84. The molecule has 0 spiro atoms. The minimum atomic E-state index is 0.243. The summed E-state index contributed by atoms with van der Waals surface area (Å²) < 4.78 is 0. The molecule has 1 heteroatoms. The maximum absolute atomic E-state index is 4.84. The lowest BCUT2D eigenvalue weighted by atomic mass is 10.0. The summed E-state index contributed by atoms with van der Waals surface area (Å²) in [6.07, 6.45) is 12.6. The second-order valence-corrected chi connectivity index (χ2v) is 5.00. The van der Waals surface area contributed by atoms with Gasteiger partial charge in [0, 0.05) is 11.5 Å². The molecule has 1 heterocycles. The van der Waals surface area contributed by atoms with Crippen molar-refractivity contribution in [3.63, 3.8) is 0 Å². The first-order chi connectivity index (χ1) is 9.83. The summed E-state index contributed by atoms with van der Waals surface area (Å²) in [7, 11) is 0. The van der Waals surface area contributed by atoms with Gasteiger partial charge < -0.3 is 0 Å². The number of aromatic nitrogens is 1. The topological polar surface area (TPSA) is 12.9 Å². The van der Waals surface area contributed by atoms with Crippen molar-refractivity contribution >= 4 is 0 Å². The van der Waals surface area contributed by atoms with Gasteiger partial charge in [-0.2, -0.15) is 0 Å². The van der Waals surface area contributed by atoms with Gasteiger partial charge >= 0.3 is 0 Å². The molecule has 1 aromatic heterocycles. The lowest BCUT2D eigenvalue weighted by Crippen LogP contribution is -1.98. The van der Waals surface area contributed by atoms with Gasteiger partial charge in [0.05, 0.1) is 11.4 Å². The van der Waals surface area contributed by atoms with Gasteiger partial charge in [-0.1, -0.05) is 66.8 Å². The van der Waals surface area contributed by atoms with E-state index in [4.69, 9.17) is 4.98 Å². The van der Waals surface area contributed by atoms with E-state index in [2.05, 4.69) is 55.5 Å². The first kappa shape index (κ1) is 12.6. The van der Waals surface area contributed by atoms with Crippen LogP contribution in [0.1, 0.15) is 17.2 Å². The van der Waals surface area contributed by atoms with Crippen LogP contribution in [0.3, 0.4) is 0 Å². The average molecular weight is 259 g/mol. The molecular formula is C19H17N. The molecule has 0 bridgehead atoms. The van der Waals surface area contributed by atoms with Crippen LogP contribution in [0.5, 0.6) is 0 Å². The van der Waals surface area contributed by atoms with Crippen molar-refractivity contribution < 1.29 is 0 Å². The summed E-state index contributed by atoms with van der Waals surface area (Å²) in [5.74, 6) is 0.243. The van der Waals surface area contributed by atoms with Gasteiger partial charge in [-0.15, -0.1) is 0 Å². The SMILES string of the molecule is Cc1cc(-c2ccccc2)nc(C2C=CC=CC=C2)c1. The van der Waals surface area contributed by atoms with Crippen LogP contribution in [-0.4, -0.2) is 4.98 Å². The summed E-state index contributed by atoms with van der Waals surface area (Å²) in [5.41, 5.74) is 4.55. The van der Waals surface area contributed by atoms with Gasteiger partial charge in [0.25, 0.3) is 0 Å². The van der Waals surface area contributed by atoms with Gasteiger partial charge in [0.1, 0.15) is 0 Å². The Bertz CT molecular complexity index is 662. The predicted molar refractivity (Wildman–Crippen MR) is 84.6 cm³/mol. The molecule has 1 aliphatic rings. The van der Waals surface area contributed by atoms with Crippen molar-refractivity contribution in [3.05, 3.63) is 90.2 Å². The molecule has 0 unspecified atom stereocenters. The molecule has 0 aliphatic heterocycles. The highest BCUT2D eigenvalue weighted by molar-refractivity contribution is 5.60. The van der Waals surface area contributed by atoms with Crippen LogP contribution in [0.2, 0.25) is 0 Å². The number of pyridine rings is 1. The standard InChI is InChI=1S/C19H17N/c1-15-13-18(16-9-5-2-3-6-10-16)20-19(14-15)17-11-7-4-8-12-17/h2-14,16H,1H3. The largest absolute Gasteiger partial charge is 0.252 e. The fourth-order valence-corrected chi connectivity index (χ4v) is 2.38. The molecular weight excluding hydrogens is 242 g/mol. The zero-order chi connectivity index (χ0) is 13.8. The Balaban J connectivity index is 2.03. The maximum atomic E-state index is 4.84. The Hall–Kier alpha value is -2.41. The number of hydrogen-bond acceptors (Lipinski definition) is 1. The van der Waals surface area contributed by atoms with Gasteiger partial charge in [-0.05, 0) is 24.6 Å². The van der Waals surface area contributed by atoms with Gasteiger partial charge in [0.2, 0.25) is 0 Å². The summed E-state index contributed by atoms with van der Waals surface area (Å²) >= 11 is 0. The third kappa shape index (κ3) is 2.77. The number of aryl methyl sites for hydroxylation is 1. The van der Waals surface area contributed by atoms with E-state index < -0.39 is 0 Å². The molecule has 0 fully saturated rings. The van der Waals surface area contributed by atoms with Crippen LogP contribution in [-0.2, 0) is 0 Å². The van der Waals surface area contributed by atoms with E-state index >= 15 is 0 Å². The monoisotopic (exact) mass is 259 g/mol. The molecule has 20 heavy (non-hydrogen) atoms. The molecule has 0 saturated heterocycles. The van der Waals surface area contributed by atoms with Crippen LogP contribution >= 0.6 is 0 Å². The van der Waals surface area contributed by atoms with Gasteiger partial charge in [-0.25, -0.2) is 0 Å². The van der Waals surface area contributed by atoms with Crippen LogP contribution < -0.4 is 0 Å². The molecule has 1 nitrogen and oxygen atoms in total. The summed E-state index contributed by atoms with van der Waals surface area (Å²) in [5, 5.41) is 0. The Morgan fingerprint density at radius 1 is 0.850 bits per heavy atom. The van der Waals surface area contributed by atoms with E-state index in [9.17, 15) is 0 Å². The van der Waals surface area contributed by atoms with Crippen LogP contribution in [0.15, 0.2) is 78.9 Å². The number of allylic oxidation sites excluding steroid dienone is 6. The van der Waals surface area contributed by atoms with E-state index in [1.165, 1.54) is 5.56 Å². The highest BCUT2D eigenvalue weighted by atomic mass is 14.7. The van der Waals surface area contributed by atoms with Crippen LogP contribution in [0.4, 0.5) is 0 Å². The quantitative estimate of drug-likeness (QED) is 0.753. The van der Waals surface area contributed by atoms with E-state index in [0.29, 0.717) is 0 Å². The molecule has 0 atom stereocenters. The molecule has 0 saturated carbocycles. The number of hydrogen-bond donors (Lipinski definition) is 0. The molecule has 98 valence electrons. The van der Waals surface area contributed by atoms with E-state index in [1.54, 1.807) is 0 Å². The molecule has 3 rings (SSSR count). The van der Waals surface area contributed by atoms with E-state index in [1.807, 2.05) is 30.4 Å². The van der Waals surface area contributed by atoms with Gasteiger partial charge in [0.15, 0.2) is 0 Å². The molecule has 1 aromatic carbocycles. The highest BCUT2D eigenvalue weighted by Gasteiger charge is 2.09. The second-order valence-electron chi connectivity index (χ2n) is 5.00. The first-order valence-electron chi connectivity index (χ1n) is 6.88. The molecule has 0 N–H and O–H groups in total. The first-order valence-corrected chi connectivity index (χ1v) is 6.88. The fraction of sp³-hybridized carbons (Fsp3) is 0.105. The Morgan fingerprint density at radius 2 is 1.55 bits per heavy atom. The normalized spacial score (nSPS) is 14.4. The van der Waals surface area contributed by atoms with Crippen molar-refractivity contribution in [2.75, 3.05) is 0 Å². The van der Waals surface area contributed by atoms with Crippen LogP contribution in [0, 0.1) is 6.92 Å².